The van der Waals surface area contributed by atoms with Gasteiger partial charge in [0.25, 0.3) is 5.91 Å². The van der Waals surface area contributed by atoms with E-state index in [1.807, 2.05) is 6.92 Å². The summed E-state index contributed by atoms with van der Waals surface area (Å²) in [6.07, 6.45) is 1.32. The number of hydrogen-bond acceptors (Lipinski definition) is 5. The second kappa shape index (κ2) is 7.37. The number of hydrogen-bond donors (Lipinski definition) is 2. The van der Waals surface area contributed by atoms with E-state index in [0.29, 0.717) is 26.1 Å². The lowest BCUT2D eigenvalue weighted by atomic mass is 9.97. The molecule has 1 aromatic rings. The first kappa shape index (κ1) is 17.6. The Morgan fingerprint density at radius 3 is 2.72 bits per heavy atom. The van der Waals surface area contributed by atoms with E-state index in [0.717, 1.165) is 6.07 Å². The molecule has 0 aliphatic carbocycles. The van der Waals surface area contributed by atoms with Gasteiger partial charge in [0.15, 0.2) is 0 Å². The van der Waals surface area contributed by atoms with Gasteiger partial charge in [0.2, 0.25) is 5.91 Å². The average molecular weight is 352 g/mol. The van der Waals surface area contributed by atoms with Gasteiger partial charge in [-0.15, -0.1) is 0 Å². The Labute approximate surface area is 144 Å². The molecule has 3 rings (SSSR count). The Morgan fingerprint density at radius 2 is 2.04 bits per heavy atom. The van der Waals surface area contributed by atoms with Crippen molar-refractivity contribution in [3.63, 3.8) is 0 Å². The molecule has 1 atom stereocenters. The van der Waals surface area contributed by atoms with Crippen LogP contribution in [0, 0.1) is 11.7 Å². The van der Waals surface area contributed by atoms with Crippen LogP contribution in [0.1, 0.15) is 35.7 Å². The van der Waals surface area contributed by atoms with Crippen molar-refractivity contribution in [2.75, 3.05) is 19.8 Å². The SMILES string of the molecule is C[C@H]1COc2cc(C(=O)NO)cc(F)c2CN1C(=O)C1CCOCC1. The number of nitrogens with one attached hydrogen (secondary N) is 1. The van der Waals surface area contributed by atoms with Crippen molar-refractivity contribution in [2.24, 2.45) is 5.92 Å². The molecule has 2 heterocycles. The number of nitrogens with zero attached hydrogens (tertiary/aromatic N) is 1. The van der Waals surface area contributed by atoms with Crippen molar-refractivity contribution in [3.05, 3.63) is 29.1 Å². The van der Waals surface area contributed by atoms with Gasteiger partial charge in [-0.1, -0.05) is 0 Å². The number of carbonyl (C=O) groups excluding carboxylic acids is 2. The van der Waals surface area contributed by atoms with Gasteiger partial charge in [-0.25, -0.2) is 9.87 Å². The van der Waals surface area contributed by atoms with Crippen LogP contribution in [0.25, 0.3) is 0 Å². The first-order chi connectivity index (χ1) is 12.0. The summed E-state index contributed by atoms with van der Waals surface area (Å²) >= 11 is 0. The van der Waals surface area contributed by atoms with Crippen molar-refractivity contribution in [3.8, 4) is 5.75 Å². The van der Waals surface area contributed by atoms with E-state index in [-0.39, 0.29) is 47.9 Å². The van der Waals surface area contributed by atoms with Crippen molar-refractivity contribution in [2.45, 2.75) is 32.4 Å². The minimum atomic E-state index is -0.822. The maximum Gasteiger partial charge on any atom is 0.274 e. The van der Waals surface area contributed by atoms with E-state index < -0.39 is 11.7 Å². The van der Waals surface area contributed by atoms with Gasteiger partial charge in [-0.2, -0.15) is 0 Å². The molecule has 0 saturated carbocycles. The lowest BCUT2D eigenvalue weighted by molar-refractivity contribution is -0.141. The van der Waals surface area contributed by atoms with Gasteiger partial charge in [0.1, 0.15) is 18.2 Å². The van der Waals surface area contributed by atoms with Crippen LogP contribution in [0.5, 0.6) is 5.75 Å². The molecular weight excluding hydrogens is 331 g/mol. The van der Waals surface area contributed by atoms with Gasteiger partial charge in [0, 0.05) is 30.3 Å². The molecule has 0 bridgehead atoms. The zero-order chi connectivity index (χ0) is 18.0. The standard InChI is InChI=1S/C17H21FN2O5/c1-10-9-25-15-7-12(16(21)19-23)6-14(18)13(15)8-20(10)17(22)11-2-4-24-5-3-11/h6-7,10-11,23H,2-5,8-9H2,1H3,(H,19,21)/t10-/m0/s1. The molecule has 0 unspecified atom stereocenters. The van der Waals surface area contributed by atoms with Crippen LogP contribution in [0.2, 0.25) is 0 Å². The van der Waals surface area contributed by atoms with E-state index in [1.165, 1.54) is 11.5 Å². The highest BCUT2D eigenvalue weighted by Crippen LogP contribution is 2.31. The molecule has 2 amide bonds. The Hall–Kier alpha value is -2.19. The monoisotopic (exact) mass is 352 g/mol. The summed E-state index contributed by atoms with van der Waals surface area (Å²) in [6, 6.07) is 2.18. The van der Waals surface area contributed by atoms with Gasteiger partial charge in [-0.3, -0.25) is 14.8 Å². The molecule has 8 heteroatoms. The molecule has 0 radical (unpaired) electrons. The molecule has 0 spiro atoms. The molecular formula is C17H21FN2O5. The topological polar surface area (TPSA) is 88.1 Å². The highest BCUT2D eigenvalue weighted by molar-refractivity contribution is 5.94. The third-order valence-electron chi connectivity index (χ3n) is 4.71. The largest absolute Gasteiger partial charge is 0.491 e. The van der Waals surface area contributed by atoms with Crippen LogP contribution in [0.15, 0.2) is 12.1 Å². The second-order valence-electron chi connectivity index (χ2n) is 6.39. The van der Waals surface area contributed by atoms with Gasteiger partial charge < -0.3 is 14.4 Å². The van der Waals surface area contributed by atoms with Crippen LogP contribution >= 0.6 is 0 Å². The van der Waals surface area contributed by atoms with Gasteiger partial charge in [0.05, 0.1) is 12.6 Å². The smallest absolute Gasteiger partial charge is 0.274 e. The highest BCUT2D eigenvalue weighted by Gasteiger charge is 2.33. The summed E-state index contributed by atoms with van der Waals surface area (Å²) in [5.74, 6) is -1.40. The quantitative estimate of drug-likeness (QED) is 0.622. The molecule has 25 heavy (non-hydrogen) atoms. The van der Waals surface area contributed by atoms with Gasteiger partial charge in [-0.05, 0) is 31.9 Å². The highest BCUT2D eigenvalue weighted by atomic mass is 19.1. The third-order valence-corrected chi connectivity index (χ3v) is 4.71. The molecule has 7 nitrogen and oxygen atoms in total. The van der Waals surface area contributed by atoms with E-state index in [2.05, 4.69) is 0 Å². The summed E-state index contributed by atoms with van der Waals surface area (Å²) < 4.78 is 25.4. The van der Waals surface area contributed by atoms with Crippen LogP contribution in [0.4, 0.5) is 4.39 Å². The summed E-state index contributed by atoms with van der Waals surface area (Å²) in [6.45, 7) is 3.24. The molecule has 0 aromatic heterocycles. The normalized spacial score (nSPS) is 21.1. The van der Waals surface area contributed by atoms with E-state index in [1.54, 1.807) is 4.90 Å². The van der Waals surface area contributed by atoms with Gasteiger partial charge >= 0.3 is 0 Å². The van der Waals surface area contributed by atoms with E-state index in [9.17, 15) is 14.0 Å². The predicted octanol–water partition coefficient (Wildman–Crippen LogP) is 1.48. The first-order valence-electron chi connectivity index (χ1n) is 8.29. The fraction of sp³-hybridized carbons (Fsp3) is 0.529. The predicted molar refractivity (Wildman–Crippen MR) is 84.7 cm³/mol. The maximum absolute atomic E-state index is 14.5. The third kappa shape index (κ3) is 3.59. The number of rotatable bonds is 2. The molecule has 136 valence electrons. The van der Waals surface area contributed by atoms with Crippen LogP contribution in [-0.4, -0.2) is 47.8 Å². The summed E-state index contributed by atoms with van der Waals surface area (Å²) in [5, 5.41) is 8.71. The molecule has 1 fully saturated rings. The summed E-state index contributed by atoms with van der Waals surface area (Å²) in [5.41, 5.74) is 1.66. The Morgan fingerprint density at radius 1 is 1.32 bits per heavy atom. The lowest BCUT2D eigenvalue weighted by Gasteiger charge is -2.32. The van der Waals surface area contributed by atoms with Crippen molar-refractivity contribution < 1.29 is 28.7 Å². The minimum Gasteiger partial charge on any atom is -0.491 e. The van der Waals surface area contributed by atoms with Crippen LogP contribution < -0.4 is 10.2 Å². The van der Waals surface area contributed by atoms with E-state index in [4.69, 9.17) is 14.7 Å². The molecule has 1 saturated heterocycles. The molecule has 2 N–H and O–H groups in total. The molecule has 2 aliphatic heterocycles. The number of benzene rings is 1. The number of amides is 2. The zero-order valence-corrected chi connectivity index (χ0v) is 14.0. The van der Waals surface area contributed by atoms with Crippen molar-refractivity contribution in [1.82, 2.24) is 10.4 Å². The molecule has 2 aliphatic rings. The summed E-state index contributed by atoms with van der Waals surface area (Å²) in [7, 11) is 0. The molecule has 1 aromatic carbocycles. The number of ether oxygens (including phenoxy) is 2. The Kier molecular flexibility index (Phi) is 5.19. The number of fused-ring (bicyclic) bond motifs is 1. The average Bonchev–Trinajstić information content (AvgIpc) is 2.80. The number of hydroxylamine groups is 1. The Balaban J connectivity index is 1.87. The fourth-order valence-electron chi connectivity index (χ4n) is 3.19. The lowest BCUT2D eigenvalue weighted by Crippen LogP contribution is -2.44. The van der Waals surface area contributed by atoms with Crippen molar-refractivity contribution in [1.29, 1.82) is 0 Å². The van der Waals surface area contributed by atoms with Crippen LogP contribution in [-0.2, 0) is 16.1 Å². The zero-order valence-electron chi connectivity index (χ0n) is 14.0. The van der Waals surface area contributed by atoms with E-state index >= 15 is 0 Å². The second-order valence-corrected chi connectivity index (χ2v) is 6.39. The summed E-state index contributed by atoms with van der Waals surface area (Å²) in [4.78, 5) is 26.0. The Bertz CT molecular complexity index is 675. The number of carbonyl (C=O) groups is 2. The maximum atomic E-state index is 14.5. The first-order valence-corrected chi connectivity index (χ1v) is 8.29. The minimum absolute atomic E-state index is 0.0242. The van der Waals surface area contributed by atoms with Crippen molar-refractivity contribution >= 4 is 11.8 Å². The fourth-order valence-corrected chi connectivity index (χ4v) is 3.19. The number of halogens is 1. The van der Waals surface area contributed by atoms with Crippen LogP contribution in [0.3, 0.4) is 0 Å².